The van der Waals surface area contributed by atoms with Crippen LogP contribution in [0.5, 0.6) is 11.5 Å². The van der Waals surface area contributed by atoms with Crippen molar-refractivity contribution >= 4 is 22.4 Å². The average molecular weight is 433 g/mol. The van der Waals surface area contributed by atoms with Crippen LogP contribution in [-0.4, -0.2) is 54.8 Å². The Balaban J connectivity index is 1.46. The molecule has 2 saturated heterocycles. The van der Waals surface area contributed by atoms with Gasteiger partial charge in [-0.2, -0.15) is 0 Å². The summed E-state index contributed by atoms with van der Waals surface area (Å²) in [5.74, 6) is -0.319. The van der Waals surface area contributed by atoms with Gasteiger partial charge in [0.15, 0.2) is 23.8 Å². The number of fused-ring (bicyclic) bond motifs is 2. The predicted octanol–water partition coefficient (Wildman–Crippen LogP) is 3.54. The Morgan fingerprint density at radius 1 is 0.968 bits per heavy atom. The second kappa shape index (κ2) is 7.86. The zero-order chi connectivity index (χ0) is 21.5. The number of ether oxygens (including phenoxy) is 4. The van der Waals surface area contributed by atoms with E-state index in [-0.39, 0.29) is 18.9 Å². The summed E-state index contributed by atoms with van der Waals surface area (Å²) in [4.78, 5) is 8.43. The van der Waals surface area contributed by atoms with Crippen molar-refractivity contribution in [3.05, 3.63) is 48.3 Å². The fourth-order valence-corrected chi connectivity index (χ4v) is 3.86. The summed E-state index contributed by atoms with van der Waals surface area (Å²) in [6.07, 6.45) is -1.49. The molecule has 0 amide bonds. The molecule has 5 rings (SSSR count). The zero-order valence-electron chi connectivity index (χ0n) is 16.3. The third-order valence-electron chi connectivity index (χ3n) is 5.27. The van der Waals surface area contributed by atoms with Crippen molar-refractivity contribution in [2.24, 2.45) is 0 Å². The number of hydrogen-bond acceptors (Lipinski definition) is 7. The van der Waals surface area contributed by atoms with Crippen molar-refractivity contribution in [2.45, 2.75) is 24.5 Å². The first-order valence-electron chi connectivity index (χ1n) is 9.61. The zero-order valence-corrected chi connectivity index (χ0v) is 16.3. The third-order valence-corrected chi connectivity index (χ3v) is 5.27. The number of rotatable bonds is 5. The minimum Gasteiger partial charge on any atom is -0.493 e. The van der Waals surface area contributed by atoms with E-state index in [1.165, 1.54) is 13.4 Å². The first-order chi connectivity index (χ1) is 15.0. The van der Waals surface area contributed by atoms with Crippen LogP contribution in [0.2, 0.25) is 0 Å². The van der Waals surface area contributed by atoms with E-state index >= 15 is 0 Å². The Bertz CT molecular complexity index is 1110. The maximum Gasteiger partial charge on any atom is 0.164 e. The first-order valence-corrected chi connectivity index (χ1v) is 9.61. The van der Waals surface area contributed by atoms with E-state index in [1.54, 1.807) is 12.1 Å². The predicted molar refractivity (Wildman–Crippen MR) is 105 cm³/mol. The molecule has 2 unspecified atom stereocenters. The molecule has 0 spiro atoms. The van der Waals surface area contributed by atoms with E-state index in [0.29, 0.717) is 28.2 Å². The van der Waals surface area contributed by atoms with Crippen molar-refractivity contribution in [3.8, 4) is 11.5 Å². The second-order valence-corrected chi connectivity index (χ2v) is 7.29. The van der Waals surface area contributed by atoms with Crippen LogP contribution in [0.1, 0.15) is 0 Å². The number of alkyl halides is 1. The minimum absolute atomic E-state index is 0.0209. The molecular weight excluding hydrogens is 415 g/mol. The lowest BCUT2D eigenvalue weighted by Gasteiger charge is -2.20. The monoisotopic (exact) mass is 433 g/mol. The van der Waals surface area contributed by atoms with Gasteiger partial charge >= 0.3 is 0 Å². The minimum atomic E-state index is -1.17. The molecule has 4 atom stereocenters. The maximum atomic E-state index is 13.8. The van der Waals surface area contributed by atoms with Crippen LogP contribution in [-0.2, 0) is 9.47 Å². The molecule has 1 aromatic heterocycles. The maximum absolute atomic E-state index is 13.8. The summed E-state index contributed by atoms with van der Waals surface area (Å²) in [6.45, 7) is 0.172. The summed E-state index contributed by atoms with van der Waals surface area (Å²) in [6, 6.07) is 6.40. The molecule has 162 valence electrons. The number of halogens is 3. The molecule has 2 aliphatic rings. The lowest BCUT2D eigenvalue weighted by atomic mass is 10.1. The van der Waals surface area contributed by atoms with E-state index in [0.717, 1.165) is 18.2 Å². The number of anilines is 2. The van der Waals surface area contributed by atoms with Crippen LogP contribution in [0, 0.1) is 11.6 Å². The van der Waals surface area contributed by atoms with Gasteiger partial charge in [-0.25, -0.2) is 23.1 Å². The molecule has 7 nitrogen and oxygen atoms in total. The van der Waals surface area contributed by atoms with Gasteiger partial charge in [0.05, 0.1) is 25.8 Å². The van der Waals surface area contributed by atoms with E-state index in [9.17, 15) is 13.2 Å². The first kappa shape index (κ1) is 19.8. The molecule has 3 aromatic rings. The standard InChI is InChI=1S/C21H18F3N3O4/c1-28-16-5-13-15(6-17(16)31-18-8-30-19-14(24)7-29-20(18)19)25-9-26-21(13)27-12-3-10(22)2-11(23)4-12/h2-6,9,14,18-20H,7-8H2,1H3,(H,25,26,27)/t14?,18?,19-,20-/m0/s1. The Morgan fingerprint density at radius 3 is 2.52 bits per heavy atom. The van der Waals surface area contributed by atoms with E-state index in [4.69, 9.17) is 18.9 Å². The van der Waals surface area contributed by atoms with Crippen LogP contribution < -0.4 is 14.8 Å². The molecule has 1 N–H and O–H groups in total. The fraction of sp³-hybridized carbons (Fsp3) is 0.333. The van der Waals surface area contributed by atoms with Gasteiger partial charge < -0.3 is 24.3 Å². The molecule has 2 aromatic carbocycles. The van der Waals surface area contributed by atoms with Crippen LogP contribution in [0.3, 0.4) is 0 Å². The Hall–Kier alpha value is -3.11. The Labute approximate surface area is 175 Å². The van der Waals surface area contributed by atoms with Gasteiger partial charge in [-0.05, 0) is 18.2 Å². The second-order valence-electron chi connectivity index (χ2n) is 7.29. The van der Waals surface area contributed by atoms with Crippen molar-refractivity contribution in [1.82, 2.24) is 9.97 Å². The van der Waals surface area contributed by atoms with Gasteiger partial charge in [0.1, 0.15) is 36.0 Å². The number of aromatic nitrogens is 2. The largest absolute Gasteiger partial charge is 0.493 e. The van der Waals surface area contributed by atoms with Crippen molar-refractivity contribution < 1.29 is 32.1 Å². The van der Waals surface area contributed by atoms with E-state index in [1.807, 2.05) is 0 Å². The highest BCUT2D eigenvalue weighted by atomic mass is 19.1. The van der Waals surface area contributed by atoms with Crippen LogP contribution in [0.25, 0.3) is 10.9 Å². The van der Waals surface area contributed by atoms with Crippen LogP contribution >= 0.6 is 0 Å². The Morgan fingerprint density at radius 2 is 1.74 bits per heavy atom. The molecule has 0 saturated carbocycles. The van der Waals surface area contributed by atoms with Gasteiger partial charge in [0, 0.05) is 23.2 Å². The molecule has 2 aliphatic heterocycles. The fourth-order valence-electron chi connectivity index (χ4n) is 3.86. The topological polar surface area (TPSA) is 74.7 Å². The van der Waals surface area contributed by atoms with Gasteiger partial charge in [-0.15, -0.1) is 0 Å². The van der Waals surface area contributed by atoms with Crippen LogP contribution in [0.4, 0.5) is 24.7 Å². The highest BCUT2D eigenvalue weighted by Crippen LogP contribution is 2.38. The molecular formula is C21H18F3N3O4. The van der Waals surface area contributed by atoms with Crippen molar-refractivity contribution in [2.75, 3.05) is 25.6 Å². The summed E-state index contributed by atoms with van der Waals surface area (Å²) in [5, 5.41) is 3.45. The number of benzene rings is 2. The highest BCUT2D eigenvalue weighted by molar-refractivity contribution is 5.93. The highest BCUT2D eigenvalue weighted by Gasteiger charge is 2.49. The van der Waals surface area contributed by atoms with Crippen molar-refractivity contribution in [1.29, 1.82) is 0 Å². The molecule has 31 heavy (non-hydrogen) atoms. The third kappa shape index (κ3) is 3.72. The SMILES string of the molecule is COc1cc2c(Nc3cc(F)cc(F)c3)ncnc2cc1OC1CO[C@H]2C(F)CO[C@@H]12. The van der Waals surface area contributed by atoms with Gasteiger partial charge in [-0.1, -0.05) is 0 Å². The van der Waals surface area contributed by atoms with Gasteiger partial charge in [0.25, 0.3) is 0 Å². The van der Waals surface area contributed by atoms with Gasteiger partial charge in [-0.3, -0.25) is 0 Å². The molecule has 3 heterocycles. The smallest absolute Gasteiger partial charge is 0.164 e. The lowest BCUT2D eigenvalue weighted by Crippen LogP contribution is -2.33. The normalized spacial score (nSPS) is 24.9. The molecule has 10 heteroatoms. The molecule has 0 radical (unpaired) electrons. The molecule has 0 aliphatic carbocycles. The number of hydrogen-bond donors (Lipinski definition) is 1. The van der Waals surface area contributed by atoms with Crippen LogP contribution in [0.15, 0.2) is 36.7 Å². The van der Waals surface area contributed by atoms with Gasteiger partial charge in [0.2, 0.25) is 0 Å². The number of nitrogens with zero attached hydrogens (tertiary/aromatic N) is 2. The Kier molecular flexibility index (Phi) is 5.03. The summed E-state index contributed by atoms with van der Waals surface area (Å²) >= 11 is 0. The summed E-state index contributed by atoms with van der Waals surface area (Å²) in [5.41, 5.74) is 0.710. The summed E-state index contributed by atoms with van der Waals surface area (Å²) < 4.78 is 63.3. The quantitative estimate of drug-likeness (QED) is 0.660. The molecule has 2 fully saturated rings. The number of methoxy groups -OCH3 is 1. The molecule has 0 bridgehead atoms. The number of nitrogens with one attached hydrogen (secondary N) is 1. The van der Waals surface area contributed by atoms with E-state index in [2.05, 4.69) is 15.3 Å². The summed E-state index contributed by atoms with van der Waals surface area (Å²) in [7, 11) is 1.48. The van der Waals surface area contributed by atoms with E-state index < -0.39 is 36.1 Å². The van der Waals surface area contributed by atoms with Crippen molar-refractivity contribution in [3.63, 3.8) is 0 Å². The average Bonchev–Trinajstić information content (AvgIpc) is 3.30. The lowest BCUT2D eigenvalue weighted by molar-refractivity contribution is 0.0271.